The Morgan fingerprint density at radius 1 is 1.21 bits per heavy atom. The smallest absolute Gasteiger partial charge is 0.0618 e. The van der Waals surface area contributed by atoms with Crippen molar-refractivity contribution in [1.82, 2.24) is 9.97 Å². The molecule has 1 saturated carbocycles. The van der Waals surface area contributed by atoms with Gasteiger partial charge in [-0.25, -0.2) is 0 Å². The van der Waals surface area contributed by atoms with E-state index in [2.05, 4.69) is 9.97 Å². The van der Waals surface area contributed by atoms with Gasteiger partial charge in [-0.05, 0) is 19.3 Å². The van der Waals surface area contributed by atoms with E-state index in [-0.39, 0.29) is 0 Å². The van der Waals surface area contributed by atoms with E-state index in [1.54, 1.807) is 12.4 Å². The van der Waals surface area contributed by atoms with Gasteiger partial charge in [-0.3, -0.25) is 9.97 Å². The molecule has 0 amide bonds. The van der Waals surface area contributed by atoms with Crippen molar-refractivity contribution in [1.29, 1.82) is 0 Å². The summed E-state index contributed by atoms with van der Waals surface area (Å²) in [6, 6.07) is 0.351. The molecule has 3 nitrogen and oxygen atoms in total. The monoisotopic (exact) mass is 191 g/mol. The topological polar surface area (TPSA) is 51.8 Å². The largest absolute Gasteiger partial charge is 0.328 e. The summed E-state index contributed by atoms with van der Waals surface area (Å²) in [5, 5.41) is 0. The average molecular weight is 191 g/mol. The normalized spacial score (nSPS) is 28.4. The Kier molecular flexibility index (Phi) is 3.09. The highest BCUT2D eigenvalue weighted by atomic mass is 14.8. The molecule has 2 N–H and O–H groups in total. The van der Waals surface area contributed by atoms with Crippen LogP contribution >= 0.6 is 0 Å². The zero-order valence-electron chi connectivity index (χ0n) is 8.39. The number of rotatable bonds is 1. The highest BCUT2D eigenvalue weighted by molar-refractivity contribution is 5.04. The van der Waals surface area contributed by atoms with Crippen molar-refractivity contribution in [2.45, 2.75) is 44.1 Å². The van der Waals surface area contributed by atoms with Crippen molar-refractivity contribution < 1.29 is 0 Å². The van der Waals surface area contributed by atoms with Gasteiger partial charge >= 0.3 is 0 Å². The summed E-state index contributed by atoms with van der Waals surface area (Å²) in [6.07, 6.45) is 11.4. The molecule has 0 aliphatic heterocycles. The van der Waals surface area contributed by atoms with Crippen molar-refractivity contribution >= 4 is 0 Å². The molecular weight excluding hydrogens is 174 g/mol. The van der Waals surface area contributed by atoms with Gasteiger partial charge in [0.1, 0.15) is 0 Å². The van der Waals surface area contributed by atoms with Crippen molar-refractivity contribution in [3.8, 4) is 0 Å². The lowest BCUT2D eigenvalue weighted by Gasteiger charge is -2.15. The Bertz CT molecular complexity index is 273. The highest BCUT2D eigenvalue weighted by Crippen LogP contribution is 2.29. The molecule has 0 spiro atoms. The molecule has 2 rings (SSSR count). The van der Waals surface area contributed by atoms with Crippen LogP contribution in [0.15, 0.2) is 18.6 Å². The zero-order chi connectivity index (χ0) is 9.80. The lowest BCUT2D eigenvalue weighted by atomic mass is 9.95. The minimum Gasteiger partial charge on any atom is -0.328 e. The van der Waals surface area contributed by atoms with E-state index in [0.717, 1.165) is 18.5 Å². The predicted octanol–water partition coefficient (Wildman–Crippen LogP) is 1.85. The van der Waals surface area contributed by atoms with Crippen LogP contribution in [0.5, 0.6) is 0 Å². The van der Waals surface area contributed by atoms with Crippen LogP contribution in [0.1, 0.15) is 43.7 Å². The first-order valence-electron chi connectivity index (χ1n) is 5.38. The third-order valence-electron chi connectivity index (χ3n) is 2.97. The van der Waals surface area contributed by atoms with Gasteiger partial charge < -0.3 is 5.73 Å². The molecule has 0 bridgehead atoms. The second-order valence-corrected chi connectivity index (χ2v) is 4.11. The fourth-order valence-electron chi connectivity index (χ4n) is 2.19. The van der Waals surface area contributed by atoms with Crippen LogP contribution in [-0.2, 0) is 0 Å². The average Bonchev–Trinajstić information content (AvgIpc) is 2.44. The molecule has 1 aromatic heterocycles. The van der Waals surface area contributed by atoms with Crippen LogP contribution in [0.2, 0.25) is 0 Å². The van der Waals surface area contributed by atoms with Crippen LogP contribution in [0, 0.1) is 0 Å². The first-order valence-corrected chi connectivity index (χ1v) is 5.38. The summed E-state index contributed by atoms with van der Waals surface area (Å²) in [5.74, 6) is 0.529. The zero-order valence-corrected chi connectivity index (χ0v) is 8.39. The van der Waals surface area contributed by atoms with Crippen LogP contribution in [0.25, 0.3) is 0 Å². The lowest BCUT2D eigenvalue weighted by molar-refractivity contribution is 0.525. The molecule has 1 aliphatic rings. The molecule has 0 aromatic carbocycles. The minimum atomic E-state index is 0.351. The molecule has 1 fully saturated rings. The molecule has 0 radical (unpaired) electrons. The Morgan fingerprint density at radius 2 is 2.07 bits per heavy atom. The fourth-order valence-corrected chi connectivity index (χ4v) is 2.19. The molecule has 2 atom stereocenters. The molecule has 1 aliphatic carbocycles. The number of hydrogen-bond acceptors (Lipinski definition) is 3. The quantitative estimate of drug-likeness (QED) is 0.689. The summed E-state index contributed by atoms with van der Waals surface area (Å²) in [6.45, 7) is 0. The van der Waals surface area contributed by atoms with Gasteiger partial charge in [0.15, 0.2) is 0 Å². The molecule has 1 heterocycles. The summed E-state index contributed by atoms with van der Waals surface area (Å²) >= 11 is 0. The summed E-state index contributed by atoms with van der Waals surface area (Å²) < 4.78 is 0. The molecule has 0 saturated heterocycles. The van der Waals surface area contributed by atoms with Crippen molar-refractivity contribution in [3.63, 3.8) is 0 Å². The Hall–Kier alpha value is -0.960. The maximum absolute atomic E-state index is 6.01. The Balaban J connectivity index is 2.09. The lowest BCUT2D eigenvalue weighted by Crippen LogP contribution is -2.21. The number of hydrogen-bond donors (Lipinski definition) is 1. The van der Waals surface area contributed by atoms with E-state index in [1.807, 2.05) is 6.20 Å². The van der Waals surface area contributed by atoms with Crippen molar-refractivity contribution in [2.75, 3.05) is 0 Å². The van der Waals surface area contributed by atoms with Gasteiger partial charge in [-0.2, -0.15) is 0 Å². The van der Waals surface area contributed by atoms with Gasteiger partial charge in [0.05, 0.1) is 5.69 Å². The molecule has 76 valence electrons. The maximum Gasteiger partial charge on any atom is 0.0618 e. The van der Waals surface area contributed by atoms with Crippen LogP contribution < -0.4 is 5.73 Å². The third kappa shape index (κ3) is 2.29. The standard InChI is InChI=1S/C11H17N3/c12-10-4-2-1-3-9(7-10)11-8-13-5-6-14-11/h5-6,8-10H,1-4,7,12H2. The van der Waals surface area contributed by atoms with Gasteiger partial charge in [-0.15, -0.1) is 0 Å². The maximum atomic E-state index is 6.01. The molecule has 1 aromatic rings. The van der Waals surface area contributed by atoms with Gasteiger partial charge in [-0.1, -0.05) is 12.8 Å². The fraction of sp³-hybridized carbons (Fsp3) is 0.636. The SMILES string of the molecule is NC1CCCCC(c2cnccn2)C1. The number of aromatic nitrogens is 2. The van der Waals surface area contributed by atoms with E-state index in [0.29, 0.717) is 12.0 Å². The van der Waals surface area contributed by atoms with E-state index < -0.39 is 0 Å². The summed E-state index contributed by atoms with van der Waals surface area (Å²) in [5.41, 5.74) is 7.13. The van der Waals surface area contributed by atoms with E-state index in [4.69, 9.17) is 5.73 Å². The van der Waals surface area contributed by atoms with E-state index in [1.165, 1.54) is 19.3 Å². The van der Waals surface area contributed by atoms with Gasteiger partial charge in [0.2, 0.25) is 0 Å². The minimum absolute atomic E-state index is 0.351. The molecular formula is C11H17N3. The number of nitrogens with zero attached hydrogens (tertiary/aromatic N) is 2. The Labute approximate surface area is 84.8 Å². The summed E-state index contributed by atoms with van der Waals surface area (Å²) in [4.78, 5) is 8.47. The first kappa shape index (κ1) is 9.59. The van der Waals surface area contributed by atoms with Gasteiger partial charge in [0, 0.05) is 30.6 Å². The first-order chi connectivity index (χ1) is 6.86. The summed E-state index contributed by atoms with van der Waals surface area (Å²) in [7, 11) is 0. The number of nitrogens with two attached hydrogens (primary N) is 1. The van der Waals surface area contributed by atoms with E-state index in [9.17, 15) is 0 Å². The van der Waals surface area contributed by atoms with Crippen LogP contribution in [0.4, 0.5) is 0 Å². The second kappa shape index (κ2) is 4.51. The van der Waals surface area contributed by atoms with E-state index >= 15 is 0 Å². The van der Waals surface area contributed by atoms with Crippen molar-refractivity contribution in [2.24, 2.45) is 5.73 Å². The predicted molar refractivity (Wildman–Crippen MR) is 55.8 cm³/mol. The third-order valence-corrected chi connectivity index (χ3v) is 2.97. The highest BCUT2D eigenvalue weighted by Gasteiger charge is 2.19. The Morgan fingerprint density at radius 3 is 2.86 bits per heavy atom. The van der Waals surface area contributed by atoms with Crippen LogP contribution in [-0.4, -0.2) is 16.0 Å². The van der Waals surface area contributed by atoms with Crippen molar-refractivity contribution in [3.05, 3.63) is 24.3 Å². The molecule has 14 heavy (non-hydrogen) atoms. The second-order valence-electron chi connectivity index (χ2n) is 4.11. The van der Waals surface area contributed by atoms with Gasteiger partial charge in [0.25, 0.3) is 0 Å². The molecule has 3 heteroatoms. The van der Waals surface area contributed by atoms with Crippen LogP contribution in [0.3, 0.4) is 0 Å². The molecule has 2 unspecified atom stereocenters.